The van der Waals surface area contributed by atoms with Crippen molar-refractivity contribution < 1.29 is 9.84 Å². The molecule has 1 unspecified atom stereocenters. The van der Waals surface area contributed by atoms with E-state index in [1.165, 1.54) is 19.3 Å². The molecule has 0 aliphatic heterocycles. The zero-order valence-corrected chi connectivity index (χ0v) is 9.47. The summed E-state index contributed by atoms with van der Waals surface area (Å²) in [7, 11) is 0. The van der Waals surface area contributed by atoms with E-state index in [0.717, 1.165) is 6.42 Å². The zero-order valence-electron chi connectivity index (χ0n) is 9.47. The molecule has 13 heavy (non-hydrogen) atoms. The van der Waals surface area contributed by atoms with Crippen molar-refractivity contribution in [2.45, 2.75) is 65.1 Å². The summed E-state index contributed by atoms with van der Waals surface area (Å²) in [5.41, 5.74) is -0.0772. The number of aliphatic hydroxyl groups excluding tert-OH is 1. The Hall–Kier alpha value is -0.0800. The van der Waals surface area contributed by atoms with Crippen LogP contribution in [0.3, 0.4) is 0 Å². The minimum Gasteiger partial charge on any atom is -0.391 e. The summed E-state index contributed by atoms with van der Waals surface area (Å²) in [6, 6.07) is 0. The Labute approximate surface area is 82.3 Å². The molecular formula is C11H24O2. The summed E-state index contributed by atoms with van der Waals surface area (Å²) in [5.74, 6) is 0. The molecule has 0 rings (SSSR count). The largest absolute Gasteiger partial charge is 0.391 e. The third-order valence-electron chi connectivity index (χ3n) is 2.10. The van der Waals surface area contributed by atoms with Crippen LogP contribution in [0, 0.1) is 0 Å². The van der Waals surface area contributed by atoms with E-state index in [4.69, 9.17) is 9.84 Å². The summed E-state index contributed by atoms with van der Waals surface area (Å²) in [4.78, 5) is 0. The van der Waals surface area contributed by atoms with Gasteiger partial charge in [0.25, 0.3) is 0 Å². The third-order valence-corrected chi connectivity index (χ3v) is 2.10. The maximum absolute atomic E-state index is 9.06. The molecule has 80 valence electrons. The molecule has 0 fully saturated rings. The lowest BCUT2D eigenvalue weighted by molar-refractivity contribution is -0.0599. The SMILES string of the molecule is CCCCCC(C)(C)OCC(C)O. The average molecular weight is 188 g/mol. The number of aliphatic hydroxyl groups is 1. The first-order valence-electron chi connectivity index (χ1n) is 5.30. The van der Waals surface area contributed by atoms with E-state index in [1.807, 2.05) is 0 Å². The van der Waals surface area contributed by atoms with Gasteiger partial charge in [0.05, 0.1) is 18.3 Å². The van der Waals surface area contributed by atoms with E-state index in [2.05, 4.69) is 20.8 Å². The molecule has 0 spiro atoms. The molecule has 2 nitrogen and oxygen atoms in total. The molecule has 0 bridgehead atoms. The van der Waals surface area contributed by atoms with Crippen molar-refractivity contribution in [1.82, 2.24) is 0 Å². The Bertz CT molecular complexity index is 119. The summed E-state index contributed by atoms with van der Waals surface area (Å²) in [5, 5.41) is 9.06. The van der Waals surface area contributed by atoms with Crippen molar-refractivity contribution in [2.24, 2.45) is 0 Å². The van der Waals surface area contributed by atoms with E-state index in [1.54, 1.807) is 6.92 Å². The molecule has 0 aromatic rings. The van der Waals surface area contributed by atoms with Crippen LogP contribution >= 0.6 is 0 Å². The fraction of sp³-hybridized carbons (Fsp3) is 1.00. The standard InChI is InChI=1S/C11H24O2/c1-5-6-7-8-11(3,4)13-9-10(2)12/h10,12H,5-9H2,1-4H3. The van der Waals surface area contributed by atoms with Gasteiger partial charge >= 0.3 is 0 Å². The van der Waals surface area contributed by atoms with Gasteiger partial charge in [-0.1, -0.05) is 26.2 Å². The summed E-state index contributed by atoms with van der Waals surface area (Å²) < 4.78 is 5.59. The molecule has 0 heterocycles. The molecule has 0 aliphatic rings. The van der Waals surface area contributed by atoms with Gasteiger partial charge in [0.1, 0.15) is 0 Å². The van der Waals surface area contributed by atoms with Crippen LogP contribution in [0.15, 0.2) is 0 Å². The predicted octanol–water partition coefficient (Wildman–Crippen LogP) is 2.74. The Kier molecular flexibility index (Phi) is 6.35. The molecule has 0 aliphatic carbocycles. The minimum atomic E-state index is -0.356. The molecule has 2 heteroatoms. The van der Waals surface area contributed by atoms with Crippen LogP contribution in [-0.2, 0) is 4.74 Å². The van der Waals surface area contributed by atoms with Gasteiger partial charge in [0, 0.05) is 0 Å². The van der Waals surface area contributed by atoms with Crippen LogP contribution in [0.2, 0.25) is 0 Å². The first-order chi connectivity index (χ1) is 5.98. The van der Waals surface area contributed by atoms with Gasteiger partial charge < -0.3 is 9.84 Å². The van der Waals surface area contributed by atoms with Crippen molar-refractivity contribution >= 4 is 0 Å². The Morgan fingerprint density at radius 3 is 2.38 bits per heavy atom. The summed E-state index contributed by atoms with van der Waals surface area (Å²) in [6.45, 7) is 8.57. The van der Waals surface area contributed by atoms with E-state index < -0.39 is 0 Å². The molecular weight excluding hydrogens is 164 g/mol. The minimum absolute atomic E-state index is 0.0772. The van der Waals surface area contributed by atoms with E-state index in [0.29, 0.717) is 6.61 Å². The Morgan fingerprint density at radius 2 is 1.92 bits per heavy atom. The second-order valence-corrected chi connectivity index (χ2v) is 4.38. The normalized spacial score (nSPS) is 14.5. The Morgan fingerprint density at radius 1 is 1.31 bits per heavy atom. The molecule has 1 atom stereocenters. The number of hydrogen-bond donors (Lipinski definition) is 1. The first kappa shape index (κ1) is 12.9. The highest BCUT2D eigenvalue weighted by molar-refractivity contribution is 4.68. The van der Waals surface area contributed by atoms with Crippen molar-refractivity contribution in [3.63, 3.8) is 0 Å². The molecule has 0 radical (unpaired) electrons. The van der Waals surface area contributed by atoms with Crippen LogP contribution in [0.1, 0.15) is 53.4 Å². The second-order valence-electron chi connectivity index (χ2n) is 4.38. The van der Waals surface area contributed by atoms with Gasteiger partial charge in [0.2, 0.25) is 0 Å². The number of unbranched alkanes of at least 4 members (excludes halogenated alkanes) is 2. The van der Waals surface area contributed by atoms with Crippen molar-refractivity contribution in [2.75, 3.05) is 6.61 Å². The smallest absolute Gasteiger partial charge is 0.0745 e. The molecule has 0 saturated heterocycles. The Balaban J connectivity index is 3.54. The topological polar surface area (TPSA) is 29.5 Å². The maximum Gasteiger partial charge on any atom is 0.0745 e. The van der Waals surface area contributed by atoms with Gasteiger partial charge in [-0.15, -0.1) is 0 Å². The number of rotatable bonds is 7. The predicted molar refractivity (Wildman–Crippen MR) is 55.9 cm³/mol. The van der Waals surface area contributed by atoms with Gasteiger partial charge in [-0.25, -0.2) is 0 Å². The highest BCUT2D eigenvalue weighted by atomic mass is 16.5. The van der Waals surface area contributed by atoms with Crippen LogP contribution < -0.4 is 0 Å². The van der Waals surface area contributed by atoms with Crippen LogP contribution in [-0.4, -0.2) is 23.4 Å². The number of ether oxygens (including phenoxy) is 1. The van der Waals surface area contributed by atoms with Gasteiger partial charge in [-0.05, 0) is 27.2 Å². The lowest BCUT2D eigenvalue weighted by Crippen LogP contribution is -2.28. The van der Waals surface area contributed by atoms with E-state index in [9.17, 15) is 0 Å². The van der Waals surface area contributed by atoms with Crippen molar-refractivity contribution in [1.29, 1.82) is 0 Å². The maximum atomic E-state index is 9.06. The average Bonchev–Trinajstić information content (AvgIpc) is 2.02. The molecule has 0 aromatic heterocycles. The van der Waals surface area contributed by atoms with E-state index in [-0.39, 0.29) is 11.7 Å². The number of hydrogen-bond acceptors (Lipinski definition) is 2. The lowest BCUT2D eigenvalue weighted by Gasteiger charge is -2.26. The molecule has 1 N–H and O–H groups in total. The van der Waals surface area contributed by atoms with Gasteiger partial charge in [-0.3, -0.25) is 0 Å². The highest BCUT2D eigenvalue weighted by Gasteiger charge is 2.18. The second kappa shape index (κ2) is 6.39. The van der Waals surface area contributed by atoms with Crippen molar-refractivity contribution in [3.8, 4) is 0 Å². The first-order valence-corrected chi connectivity index (χ1v) is 5.30. The fourth-order valence-corrected chi connectivity index (χ4v) is 1.22. The van der Waals surface area contributed by atoms with Crippen LogP contribution in [0.4, 0.5) is 0 Å². The van der Waals surface area contributed by atoms with Gasteiger partial charge in [0.15, 0.2) is 0 Å². The molecule has 0 saturated carbocycles. The summed E-state index contributed by atoms with van der Waals surface area (Å²) >= 11 is 0. The monoisotopic (exact) mass is 188 g/mol. The molecule has 0 aromatic carbocycles. The fourth-order valence-electron chi connectivity index (χ4n) is 1.22. The highest BCUT2D eigenvalue weighted by Crippen LogP contribution is 2.18. The van der Waals surface area contributed by atoms with E-state index >= 15 is 0 Å². The van der Waals surface area contributed by atoms with Crippen LogP contribution in [0.5, 0.6) is 0 Å². The molecule has 0 amide bonds. The zero-order chi connectivity index (χ0) is 10.3. The third kappa shape index (κ3) is 8.26. The lowest BCUT2D eigenvalue weighted by atomic mass is 10.0. The van der Waals surface area contributed by atoms with Crippen molar-refractivity contribution in [3.05, 3.63) is 0 Å². The van der Waals surface area contributed by atoms with Gasteiger partial charge in [-0.2, -0.15) is 0 Å². The quantitative estimate of drug-likeness (QED) is 0.622. The summed E-state index contributed by atoms with van der Waals surface area (Å²) in [6.07, 6.45) is 4.44. The van der Waals surface area contributed by atoms with Crippen LogP contribution in [0.25, 0.3) is 0 Å².